The Bertz CT molecular complexity index is 1390. The van der Waals surface area contributed by atoms with Crippen LogP contribution in [0.4, 0.5) is 24.5 Å². The minimum Gasteiger partial charge on any atom is -0.390 e. The van der Waals surface area contributed by atoms with Crippen molar-refractivity contribution in [1.82, 2.24) is 10.6 Å². The van der Waals surface area contributed by atoms with Crippen molar-refractivity contribution in [2.75, 3.05) is 28.5 Å². The molecule has 44 heavy (non-hydrogen) atoms. The van der Waals surface area contributed by atoms with Crippen LogP contribution < -0.4 is 20.3 Å². The minimum absolute atomic E-state index is 0.0168. The van der Waals surface area contributed by atoms with Crippen LogP contribution in [0.2, 0.25) is 0 Å². The Labute approximate surface area is 258 Å². The van der Waals surface area contributed by atoms with Gasteiger partial charge in [0.15, 0.2) is 0 Å². The van der Waals surface area contributed by atoms with Gasteiger partial charge >= 0.3 is 6.18 Å². The molecule has 0 bridgehead atoms. The van der Waals surface area contributed by atoms with Gasteiger partial charge in [0.1, 0.15) is 0 Å². The first-order valence-corrected chi connectivity index (χ1v) is 16.3. The molecule has 3 aromatic carbocycles. The van der Waals surface area contributed by atoms with E-state index in [1.54, 1.807) is 28.6 Å². The van der Waals surface area contributed by atoms with E-state index in [4.69, 9.17) is 0 Å². The van der Waals surface area contributed by atoms with Crippen molar-refractivity contribution in [3.05, 3.63) is 95.1 Å². The summed E-state index contributed by atoms with van der Waals surface area (Å²) in [6.07, 6.45) is -3.72. The second-order valence-corrected chi connectivity index (χ2v) is 13.5. The topological polar surface area (TPSA) is 117 Å². The number of amides is 1. The number of hydrogen-bond donors (Lipinski definition) is 6. The summed E-state index contributed by atoms with van der Waals surface area (Å²) in [6, 6.07) is 18.8. The van der Waals surface area contributed by atoms with Crippen molar-refractivity contribution in [2.45, 2.75) is 64.0 Å². The molecule has 3 aromatic rings. The molecule has 1 aliphatic rings. The van der Waals surface area contributed by atoms with E-state index in [2.05, 4.69) is 16.0 Å². The zero-order valence-electron chi connectivity index (χ0n) is 24.8. The fraction of sp³-hybridized carbons (Fsp3) is 0.406. The molecular weight excluding hydrogens is 593 g/mol. The number of rotatable bonds is 12. The van der Waals surface area contributed by atoms with Crippen LogP contribution in [0.1, 0.15) is 53.7 Å². The second-order valence-electron chi connectivity index (χ2n) is 11.4. The number of nitrogens with one attached hydrogen (secondary N) is 3. The molecular formula is C32H41F3N4O4S. The standard InChI is InChI=1S/C32H41F3N4O4S/c1-22(2)37-27-17-25(18-28(19-27)39-13-6-7-14-44(39,42)43)31(41)38-29(16-23-9-4-3-5-10-23)30(40)21-36-20-24-11-8-12-26(15-24)32(33,34)35/h3-5,8-12,15,17-19,22,29-30,36-37,40,42-43H,6-7,13-14,16,20-21H2,1-2H3,(H,38,41)/t29-,30+/m0/s1. The van der Waals surface area contributed by atoms with Crippen LogP contribution in [0.25, 0.3) is 0 Å². The number of hydrogen-bond acceptors (Lipinski definition) is 7. The molecule has 0 aliphatic carbocycles. The molecule has 1 saturated heterocycles. The number of halogens is 3. The zero-order chi connectivity index (χ0) is 31.9. The predicted octanol–water partition coefficient (Wildman–Crippen LogP) is 6.28. The summed E-state index contributed by atoms with van der Waals surface area (Å²) in [6.45, 7) is 4.48. The molecule has 1 aliphatic heterocycles. The molecule has 0 aromatic heterocycles. The molecule has 4 rings (SSSR count). The van der Waals surface area contributed by atoms with Gasteiger partial charge in [0.05, 0.1) is 29.1 Å². The lowest BCUT2D eigenvalue weighted by Crippen LogP contribution is -2.48. The van der Waals surface area contributed by atoms with E-state index in [1.165, 1.54) is 6.07 Å². The van der Waals surface area contributed by atoms with E-state index >= 15 is 0 Å². The van der Waals surface area contributed by atoms with Crippen molar-refractivity contribution in [3.8, 4) is 0 Å². The molecule has 1 amide bonds. The lowest BCUT2D eigenvalue weighted by atomic mass is 10.00. The molecule has 2 atom stereocenters. The third-order valence-electron chi connectivity index (χ3n) is 7.32. The predicted molar refractivity (Wildman–Crippen MR) is 170 cm³/mol. The highest BCUT2D eigenvalue weighted by molar-refractivity contribution is 8.25. The summed E-state index contributed by atoms with van der Waals surface area (Å²) in [5, 5.41) is 20.4. The molecule has 240 valence electrons. The van der Waals surface area contributed by atoms with Crippen molar-refractivity contribution in [2.24, 2.45) is 0 Å². The second kappa shape index (κ2) is 14.7. The van der Waals surface area contributed by atoms with Gasteiger partial charge in [0.25, 0.3) is 5.91 Å². The van der Waals surface area contributed by atoms with Crippen molar-refractivity contribution in [3.63, 3.8) is 0 Å². The summed E-state index contributed by atoms with van der Waals surface area (Å²) in [5.41, 5.74) is 2.00. The Hall–Kier alpha value is -3.29. The molecule has 12 heteroatoms. The first-order chi connectivity index (χ1) is 20.8. The Morgan fingerprint density at radius 2 is 1.70 bits per heavy atom. The number of aliphatic hydroxyl groups is 1. The molecule has 8 nitrogen and oxygen atoms in total. The van der Waals surface area contributed by atoms with E-state index in [0.29, 0.717) is 36.3 Å². The highest BCUT2D eigenvalue weighted by Crippen LogP contribution is 2.50. The number of alkyl halides is 3. The maximum absolute atomic E-state index is 13.7. The van der Waals surface area contributed by atoms with Crippen molar-refractivity contribution < 1.29 is 32.2 Å². The van der Waals surface area contributed by atoms with Crippen molar-refractivity contribution >= 4 is 28.1 Å². The molecule has 0 unspecified atom stereocenters. The van der Waals surface area contributed by atoms with Crippen LogP contribution in [0.5, 0.6) is 0 Å². The van der Waals surface area contributed by atoms with Gasteiger partial charge in [-0.05, 0) is 68.5 Å². The van der Waals surface area contributed by atoms with E-state index in [0.717, 1.165) is 24.1 Å². The van der Waals surface area contributed by atoms with Crippen LogP contribution >= 0.6 is 10.8 Å². The molecule has 0 spiro atoms. The van der Waals surface area contributed by atoms with E-state index in [1.807, 2.05) is 44.2 Å². The monoisotopic (exact) mass is 634 g/mol. The Morgan fingerprint density at radius 3 is 2.39 bits per heavy atom. The molecule has 0 radical (unpaired) electrons. The summed E-state index contributed by atoms with van der Waals surface area (Å²) in [5.74, 6) is -0.195. The van der Waals surface area contributed by atoms with Gasteiger partial charge in [-0.3, -0.25) is 18.2 Å². The van der Waals surface area contributed by atoms with Gasteiger partial charge in [0.2, 0.25) is 0 Å². The number of carbonyl (C=O) groups excluding carboxylic acids is 1. The lowest BCUT2D eigenvalue weighted by Gasteiger charge is -2.47. The van der Waals surface area contributed by atoms with E-state index in [9.17, 15) is 32.2 Å². The quantitative estimate of drug-likeness (QED) is 0.139. The molecule has 6 N–H and O–H groups in total. The summed E-state index contributed by atoms with van der Waals surface area (Å²) in [4.78, 5) is 13.7. The molecule has 1 heterocycles. The SMILES string of the molecule is CC(C)Nc1cc(C(=O)N[C@@H](Cc2ccccc2)[C@H](O)CNCc2cccc(C(F)(F)F)c2)cc(N2CCCCS2(O)O)c1. The lowest BCUT2D eigenvalue weighted by molar-refractivity contribution is -0.137. The molecule has 0 saturated carbocycles. The van der Waals surface area contributed by atoms with Gasteiger partial charge in [-0.25, -0.2) is 0 Å². The summed E-state index contributed by atoms with van der Waals surface area (Å²) in [7, 11) is -3.02. The maximum atomic E-state index is 13.7. The summed E-state index contributed by atoms with van der Waals surface area (Å²) < 4.78 is 62.4. The Balaban J connectivity index is 1.53. The van der Waals surface area contributed by atoms with Gasteiger partial charge in [-0.1, -0.05) is 48.5 Å². The third kappa shape index (κ3) is 9.35. The largest absolute Gasteiger partial charge is 0.416 e. The minimum atomic E-state index is -4.45. The average Bonchev–Trinajstić information content (AvgIpc) is 2.96. The highest BCUT2D eigenvalue weighted by atomic mass is 32.3. The normalized spacial score (nSPS) is 17.2. The van der Waals surface area contributed by atoms with Crippen LogP contribution in [0, 0.1) is 0 Å². The number of carbonyl (C=O) groups is 1. The maximum Gasteiger partial charge on any atom is 0.416 e. The fourth-order valence-corrected chi connectivity index (χ4v) is 6.85. The highest BCUT2D eigenvalue weighted by Gasteiger charge is 2.31. The van der Waals surface area contributed by atoms with E-state index in [-0.39, 0.29) is 30.4 Å². The average molecular weight is 635 g/mol. The van der Waals surface area contributed by atoms with Gasteiger partial charge < -0.3 is 21.1 Å². The number of nitrogens with zero attached hydrogens (tertiary/aromatic N) is 1. The number of benzene rings is 3. The smallest absolute Gasteiger partial charge is 0.390 e. The number of aliphatic hydroxyl groups excluding tert-OH is 1. The Morgan fingerprint density at radius 1 is 0.977 bits per heavy atom. The number of anilines is 2. The van der Waals surface area contributed by atoms with Crippen LogP contribution in [0.3, 0.4) is 0 Å². The van der Waals surface area contributed by atoms with E-state index < -0.39 is 40.6 Å². The van der Waals surface area contributed by atoms with Crippen molar-refractivity contribution in [1.29, 1.82) is 0 Å². The fourth-order valence-electron chi connectivity index (χ4n) is 5.18. The molecule has 1 fully saturated rings. The Kier molecular flexibility index (Phi) is 11.2. The van der Waals surface area contributed by atoms with Gasteiger partial charge in [-0.15, -0.1) is 10.8 Å². The van der Waals surface area contributed by atoms with Crippen LogP contribution in [0.15, 0.2) is 72.8 Å². The third-order valence-corrected chi connectivity index (χ3v) is 9.26. The zero-order valence-corrected chi connectivity index (χ0v) is 25.7. The van der Waals surface area contributed by atoms with Crippen LogP contribution in [-0.4, -0.2) is 57.1 Å². The first-order valence-electron chi connectivity index (χ1n) is 14.7. The van der Waals surface area contributed by atoms with Gasteiger partial charge in [-0.2, -0.15) is 13.2 Å². The first kappa shape index (κ1) is 33.6. The van der Waals surface area contributed by atoms with Gasteiger partial charge in [0, 0.05) is 36.9 Å². The summed E-state index contributed by atoms with van der Waals surface area (Å²) >= 11 is 0. The van der Waals surface area contributed by atoms with Crippen LogP contribution in [-0.2, 0) is 19.1 Å².